The molecule has 122 valence electrons. The summed E-state index contributed by atoms with van der Waals surface area (Å²) in [6.45, 7) is 5.69. The van der Waals surface area contributed by atoms with Gasteiger partial charge in [-0.25, -0.2) is 0 Å². The number of benzene rings is 1. The van der Waals surface area contributed by atoms with Gasteiger partial charge in [-0.3, -0.25) is 4.79 Å². The maximum absolute atomic E-state index is 12.2. The van der Waals surface area contributed by atoms with Gasteiger partial charge < -0.3 is 10.6 Å². The van der Waals surface area contributed by atoms with Gasteiger partial charge in [0.05, 0.1) is 0 Å². The zero-order chi connectivity index (χ0) is 17.2. The Morgan fingerprint density at radius 2 is 1.96 bits per heavy atom. The Kier molecular flexibility index (Phi) is 6.59. The van der Waals surface area contributed by atoms with E-state index in [-0.39, 0.29) is 5.91 Å². The van der Waals surface area contributed by atoms with Gasteiger partial charge in [0.1, 0.15) is 0 Å². The lowest BCUT2D eigenvalue weighted by Crippen LogP contribution is -2.21. The van der Waals surface area contributed by atoms with Crippen LogP contribution in [0, 0.1) is 0 Å². The SMILES string of the molecule is C=C/C=C(\C=C/C)NC1=CC=C(NC(=O)c2ccccc2)C=CC1. The lowest BCUT2D eigenvalue weighted by molar-refractivity contribution is 0.0967. The summed E-state index contributed by atoms with van der Waals surface area (Å²) < 4.78 is 0. The quantitative estimate of drug-likeness (QED) is 0.764. The first-order chi connectivity index (χ1) is 11.7. The Hall–Kier alpha value is -3.07. The maximum atomic E-state index is 12.2. The number of hydrogen-bond acceptors (Lipinski definition) is 2. The molecular weight excluding hydrogens is 296 g/mol. The van der Waals surface area contributed by atoms with E-state index in [0.717, 1.165) is 23.5 Å². The number of carbonyl (C=O) groups is 1. The van der Waals surface area contributed by atoms with E-state index in [1.165, 1.54) is 0 Å². The third-order valence-corrected chi connectivity index (χ3v) is 3.34. The fourth-order valence-electron chi connectivity index (χ4n) is 2.23. The second kappa shape index (κ2) is 9.16. The van der Waals surface area contributed by atoms with Crippen molar-refractivity contribution in [2.45, 2.75) is 13.3 Å². The average Bonchev–Trinajstić information content (AvgIpc) is 2.81. The molecule has 1 aliphatic rings. The van der Waals surface area contributed by atoms with Crippen LogP contribution < -0.4 is 10.6 Å². The van der Waals surface area contributed by atoms with Gasteiger partial charge >= 0.3 is 0 Å². The smallest absolute Gasteiger partial charge is 0.255 e. The number of hydrogen-bond donors (Lipinski definition) is 2. The van der Waals surface area contributed by atoms with E-state index in [1.54, 1.807) is 18.2 Å². The molecule has 3 nitrogen and oxygen atoms in total. The molecule has 0 aromatic heterocycles. The van der Waals surface area contributed by atoms with E-state index in [0.29, 0.717) is 5.56 Å². The number of carbonyl (C=O) groups excluding carboxylic acids is 1. The van der Waals surface area contributed by atoms with Crippen molar-refractivity contribution in [3.05, 3.63) is 108 Å². The van der Waals surface area contributed by atoms with Crippen LogP contribution in [0.4, 0.5) is 0 Å². The first-order valence-electron chi connectivity index (χ1n) is 7.89. The normalized spacial score (nSPS) is 14.6. The van der Waals surface area contributed by atoms with Crippen LogP contribution in [-0.2, 0) is 0 Å². The summed E-state index contributed by atoms with van der Waals surface area (Å²) in [6, 6.07) is 9.18. The molecule has 0 unspecified atom stereocenters. The van der Waals surface area contributed by atoms with Gasteiger partial charge in [-0.2, -0.15) is 0 Å². The molecule has 0 atom stereocenters. The van der Waals surface area contributed by atoms with Gasteiger partial charge in [-0.15, -0.1) is 0 Å². The van der Waals surface area contributed by atoms with Gasteiger partial charge in [-0.05, 0) is 49.4 Å². The first-order valence-corrected chi connectivity index (χ1v) is 7.89. The minimum atomic E-state index is -0.113. The minimum absolute atomic E-state index is 0.113. The Bertz CT molecular complexity index is 734. The standard InChI is InChI=1S/C21H22N2O/c1-3-9-18(10-4-2)22-19-13-8-14-20(16-15-19)23-21(24)17-11-6-5-7-12-17/h3-12,14-16,22H,1,13H2,2H3,(H,23,24)/b10-4-,18-9+. The van der Waals surface area contributed by atoms with Crippen molar-refractivity contribution in [2.75, 3.05) is 0 Å². The van der Waals surface area contributed by atoms with Crippen LogP contribution in [0.25, 0.3) is 0 Å². The number of nitrogens with one attached hydrogen (secondary N) is 2. The highest BCUT2D eigenvalue weighted by atomic mass is 16.1. The molecule has 0 fully saturated rings. The zero-order valence-electron chi connectivity index (χ0n) is 13.8. The second-order valence-electron chi connectivity index (χ2n) is 5.22. The second-order valence-corrected chi connectivity index (χ2v) is 5.22. The molecule has 1 aliphatic carbocycles. The molecule has 0 saturated heterocycles. The largest absolute Gasteiger partial charge is 0.359 e. The van der Waals surface area contributed by atoms with Gasteiger partial charge in [0.15, 0.2) is 0 Å². The molecule has 1 amide bonds. The molecule has 0 bridgehead atoms. The highest BCUT2D eigenvalue weighted by Gasteiger charge is 2.06. The Morgan fingerprint density at radius 3 is 2.67 bits per heavy atom. The monoisotopic (exact) mass is 318 g/mol. The van der Waals surface area contributed by atoms with Crippen molar-refractivity contribution in [1.29, 1.82) is 0 Å². The molecule has 0 saturated carbocycles. The van der Waals surface area contributed by atoms with Crippen LogP contribution in [0.2, 0.25) is 0 Å². The molecule has 1 aromatic rings. The van der Waals surface area contributed by atoms with Gasteiger partial charge in [0.2, 0.25) is 0 Å². The van der Waals surface area contributed by atoms with Crippen LogP contribution in [0.15, 0.2) is 103 Å². The van der Waals surface area contributed by atoms with Gasteiger partial charge in [-0.1, -0.05) is 43.0 Å². The summed E-state index contributed by atoms with van der Waals surface area (Å²) in [4.78, 5) is 12.2. The van der Waals surface area contributed by atoms with Crippen LogP contribution in [0.3, 0.4) is 0 Å². The van der Waals surface area contributed by atoms with Crippen molar-refractivity contribution >= 4 is 5.91 Å². The Morgan fingerprint density at radius 1 is 1.17 bits per heavy atom. The van der Waals surface area contributed by atoms with Crippen molar-refractivity contribution in [1.82, 2.24) is 10.6 Å². The summed E-state index contributed by atoms with van der Waals surface area (Å²) >= 11 is 0. The lowest BCUT2D eigenvalue weighted by Gasteiger charge is -2.08. The number of rotatable bonds is 6. The fourth-order valence-corrected chi connectivity index (χ4v) is 2.23. The van der Waals surface area contributed by atoms with Crippen molar-refractivity contribution in [3.8, 4) is 0 Å². The molecule has 2 rings (SSSR count). The molecule has 3 heteroatoms. The maximum Gasteiger partial charge on any atom is 0.255 e. The predicted octanol–water partition coefficient (Wildman–Crippen LogP) is 4.38. The third kappa shape index (κ3) is 5.29. The van der Waals surface area contributed by atoms with Crippen LogP contribution >= 0.6 is 0 Å². The molecule has 0 spiro atoms. The van der Waals surface area contributed by atoms with E-state index < -0.39 is 0 Å². The van der Waals surface area contributed by atoms with Gasteiger partial charge in [0.25, 0.3) is 5.91 Å². The minimum Gasteiger partial charge on any atom is -0.359 e. The summed E-state index contributed by atoms with van der Waals surface area (Å²) in [6.07, 6.45) is 16.2. The summed E-state index contributed by atoms with van der Waals surface area (Å²) in [5, 5.41) is 6.28. The van der Waals surface area contributed by atoms with Crippen molar-refractivity contribution in [3.63, 3.8) is 0 Å². The highest BCUT2D eigenvalue weighted by Crippen LogP contribution is 2.11. The van der Waals surface area contributed by atoms with Crippen LogP contribution in [0.5, 0.6) is 0 Å². The summed E-state index contributed by atoms with van der Waals surface area (Å²) in [5.74, 6) is -0.113. The Labute approximate surface area is 143 Å². The van der Waals surface area contributed by atoms with E-state index in [2.05, 4.69) is 17.2 Å². The number of amides is 1. The molecule has 24 heavy (non-hydrogen) atoms. The predicted molar refractivity (Wildman–Crippen MR) is 100 cm³/mol. The van der Waals surface area contributed by atoms with E-state index in [9.17, 15) is 4.79 Å². The summed E-state index contributed by atoms with van der Waals surface area (Å²) in [5.41, 5.74) is 3.42. The molecular formula is C21H22N2O. The average molecular weight is 318 g/mol. The molecule has 2 N–H and O–H groups in total. The van der Waals surface area contributed by atoms with Crippen molar-refractivity contribution < 1.29 is 4.79 Å². The number of allylic oxidation sites excluding steroid dienone is 8. The third-order valence-electron chi connectivity index (χ3n) is 3.34. The summed E-state index contributed by atoms with van der Waals surface area (Å²) in [7, 11) is 0. The highest BCUT2D eigenvalue weighted by molar-refractivity contribution is 5.95. The van der Waals surface area contributed by atoms with Gasteiger partial charge in [0, 0.05) is 29.1 Å². The van der Waals surface area contributed by atoms with E-state index >= 15 is 0 Å². The fraction of sp³-hybridized carbons (Fsp3) is 0.0952. The molecule has 0 aliphatic heterocycles. The van der Waals surface area contributed by atoms with E-state index in [4.69, 9.17) is 0 Å². The molecule has 0 heterocycles. The van der Waals surface area contributed by atoms with Crippen LogP contribution in [-0.4, -0.2) is 5.91 Å². The van der Waals surface area contributed by atoms with Crippen molar-refractivity contribution in [2.24, 2.45) is 0 Å². The Balaban J connectivity index is 2.07. The lowest BCUT2D eigenvalue weighted by atomic mass is 10.2. The van der Waals surface area contributed by atoms with Crippen LogP contribution in [0.1, 0.15) is 23.7 Å². The first kappa shape index (κ1) is 17.3. The molecule has 0 radical (unpaired) electrons. The zero-order valence-corrected chi connectivity index (χ0v) is 13.8. The molecule has 1 aromatic carbocycles. The van der Waals surface area contributed by atoms with E-state index in [1.807, 2.05) is 67.7 Å². The topological polar surface area (TPSA) is 41.1 Å².